The van der Waals surface area contributed by atoms with E-state index in [0.717, 1.165) is 6.08 Å². The number of benzene rings is 1. The molecule has 0 saturated carbocycles. The van der Waals surface area contributed by atoms with Gasteiger partial charge in [-0.25, -0.2) is 4.99 Å². The summed E-state index contributed by atoms with van der Waals surface area (Å²) in [6.07, 6.45) is -0.139. The largest absolute Gasteiger partial charge is 0.370 e. The van der Waals surface area contributed by atoms with E-state index in [0.29, 0.717) is 5.56 Å². The summed E-state index contributed by atoms with van der Waals surface area (Å²) in [4.78, 5) is 2.91. The number of allylic oxidation sites excluding steroid dienone is 2. The summed E-state index contributed by atoms with van der Waals surface area (Å²) in [5.74, 6) is 0. The Balaban J connectivity index is 2.94. The standard InChI is InChI=1S/C12H7Cl2F4N/c13-9(7-6-8-4-2-1-3-5-8)19-10(11(15)16)12(14,17)18/h1-7H. The molecule has 0 aromatic heterocycles. The molecule has 0 aliphatic carbocycles. The molecule has 0 fully saturated rings. The van der Waals surface area contributed by atoms with Crippen molar-refractivity contribution in [2.45, 2.75) is 5.38 Å². The van der Waals surface area contributed by atoms with Crippen LogP contribution in [0.5, 0.6) is 0 Å². The predicted molar refractivity (Wildman–Crippen MR) is 68.8 cm³/mol. The molecule has 0 saturated heterocycles. The van der Waals surface area contributed by atoms with Gasteiger partial charge in [-0.2, -0.15) is 17.6 Å². The highest BCUT2D eigenvalue weighted by Crippen LogP contribution is 2.33. The lowest BCUT2D eigenvalue weighted by Crippen LogP contribution is -2.10. The Morgan fingerprint density at radius 2 is 1.74 bits per heavy atom. The van der Waals surface area contributed by atoms with Gasteiger partial charge < -0.3 is 0 Å². The van der Waals surface area contributed by atoms with Gasteiger partial charge in [0.2, 0.25) is 0 Å². The minimum atomic E-state index is -4.28. The maximum atomic E-state index is 12.6. The van der Waals surface area contributed by atoms with E-state index in [4.69, 9.17) is 11.6 Å². The summed E-state index contributed by atoms with van der Waals surface area (Å²) in [6.45, 7) is 0. The van der Waals surface area contributed by atoms with Crippen LogP contribution in [-0.2, 0) is 0 Å². The third-order valence-electron chi connectivity index (χ3n) is 1.88. The SMILES string of the molecule is FC(F)=C(N=C(Cl)C=Cc1ccccc1)C(F)(F)Cl. The van der Waals surface area contributed by atoms with Crippen LogP contribution >= 0.6 is 23.2 Å². The smallest absolute Gasteiger partial charge is 0.228 e. The lowest BCUT2D eigenvalue weighted by molar-refractivity contribution is 0.128. The summed E-state index contributed by atoms with van der Waals surface area (Å²) in [6, 6.07) is 8.68. The molecule has 102 valence electrons. The molecule has 0 bridgehead atoms. The molecule has 1 rings (SSSR count). The van der Waals surface area contributed by atoms with Gasteiger partial charge in [-0.1, -0.05) is 48.0 Å². The van der Waals surface area contributed by atoms with E-state index in [2.05, 4.69) is 16.6 Å². The van der Waals surface area contributed by atoms with Crippen LogP contribution in [0.2, 0.25) is 0 Å². The topological polar surface area (TPSA) is 12.4 Å². The highest BCUT2D eigenvalue weighted by molar-refractivity contribution is 6.68. The molecule has 0 aliphatic rings. The minimum Gasteiger partial charge on any atom is -0.228 e. The lowest BCUT2D eigenvalue weighted by atomic mass is 10.2. The molecule has 0 atom stereocenters. The number of hydrogen-bond acceptors (Lipinski definition) is 1. The van der Waals surface area contributed by atoms with Crippen molar-refractivity contribution in [1.29, 1.82) is 0 Å². The molecule has 0 spiro atoms. The Hall–Kier alpha value is -1.33. The highest BCUT2D eigenvalue weighted by Gasteiger charge is 2.35. The number of halogens is 6. The van der Waals surface area contributed by atoms with Crippen LogP contribution in [0.25, 0.3) is 6.08 Å². The molecular weight excluding hydrogens is 305 g/mol. The Kier molecular flexibility index (Phi) is 5.57. The fraction of sp³-hybridized carbons (Fsp3) is 0.0833. The first-order chi connectivity index (χ1) is 8.80. The quantitative estimate of drug-likeness (QED) is 0.408. The zero-order valence-corrected chi connectivity index (χ0v) is 10.8. The zero-order chi connectivity index (χ0) is 14.5. The van der Waals surface area contributed by atoms with Gasteiger partial charge in [-0.05, 0) is 23.2 Å². The van der Waals surface area contributed by atoms with E-state index >= 15 is 0 Å². The summed E-state index contributed by atoms with van der Waals surface area (Å²) in [5, 5.41) is -4.81. The van der Waals surface area contributed by atoms with Gasteiger partial charge in [-0.3, -0.25) is 0 Å². The molecule has 0 unspecified atom stereocenters. The second kappa shape index (κ2) is 6.73. The highest BCUT2D eigenvalue weighted by atomic mass is 35.5. The van der Waals surface area contributed by atoms with Gasteiger partial charge in [-0.15, -0.1) is 0 Å². The van der Waals surface area contributed by atoms with Crippen LogP contribution in [0.15, 0.2) is 53.2 Å². The first-order valence-electron chi connectivity index (χ1n) is 4.90. The molecule has 0 radical (unpaired) electrons. The molecule has 1 aromatic carbocycles. The van der Waals surface area contributed by atoms with Crippen molar-refractivity contribution in [2.75, 3.05) is 0 Å². The fourth-order valence-electron chi connectivity index (χ4n) is 1.09. The second-order valence-electron chi connectivity index (χ2n) is 3.29. The molecule has 0 amide bonds. The van der Waals surface area contributed by atoms with Crippen molar-refractivity contribution >= 4 is 34.4 Å². The van der Waals surface area contributed by atoms with Crippen molar-refractivity contribution in [3.8, 4) is 0 Å². The average molecular weight is 312 g/mol. The van der Waals surface area contributed by atoms with Crippen LogP contribution in [0.4, 0.5) is 17.6 Å². The zero-order valence-electron chi connectivity index (χ0n) is 9.26. The van der Waals surface area contributed by atoms with Crippen LogP contribution in [0.3, 0.4) is 0 Å². The Labute approximate surface area is 116 Å². The van der Waals surface area contributed by atoms with Crippen molar-refractivity contribution < 1.29 is 17.6 Å². The van der Waals surface area contributed by atoms with Crippen molar-refractivity contribution in [1.82, 2.24) is 0 Å². The van der Waals surface area contributed by atoms with Gasteiger partial charge >= 0.3 is 5.38 Å². The summed E-state index contributed by atoms with van der Waals surface area (Å²) in [5.41, 5.74) is -1.16. The maximum Gasteiger partial charge on any atom is 0.370 e. The van der Waals surface area contributed by atoms with Crippen molar-refractivity contribution in [2.24, 2.45) is 4.99 Å². The van der Waals surface area contributed by atoms with Gasteiger partial charge in [0.1, 0.15) is 5.17 Å². The van der Waals surface area contributed by atoms with E-state index in [1.165, 1.54) is 6.08 Å². The monoisotopic (exact) mass is 311 g/mol. The number of hydrogen-bond donors (Lipinski definition) is 0. The van der Waals surface area contributed by atoms with Gasteiger partial charge in [0.05, 0.1) is 0 Å². The van der Waals surface area contributed by atoms with Crippen LogP contribution in [-0.4, -0.2) is 10.6 Å². The van der Waals surface area contributed by atoms with Crippen molar-refractivity contribution in [3.63, 3.8) is 0 Å². The summed E-state index contributed by atoms with van der Waals surface area (Å²) in [7, 11) is 0. The molecule has 19 heavy (non-hydrogen) atoms. The molecule has 0 heterocycles. The van der Waals surface area contributed by atoms with Gasteiger partial charge in [0.15, 0.2) is 5.70 Å². The third-order valence-corrected chi connectivity index (χ3v) is 2.27. The molecule has 0 N–H and O–H groups in total. The first kappa shape index (κ1) is 15.7. The average Bonchev–Trinajstić information content (AvgIpc) is 2.33. The fourth-order valence-corrected chi connectivity index (χ4v) is 1.35. The van der Waals surface area contributed by atoms with Crippen LogP contribution in [0.1, 0.15) is 5.56 Å². The number of nitrogens with zero attached hydrogens (tertiary/aromatic N) is 1. The lowest BCUT2D eigenvalue weighted by Gasteiger charge is -2.06. The third kappa shape index (κ3) is 5.44. The number of rotatable bonds is 4. The summed E-state index contributed by atoms with van der Waals surface area (Å²) >= 11 is 9.97. The molecule has 0 aliphatic heterocycles. The molecule has 7 heteroatoms. The number of aliphatic imine (C=N–C) groups is 1. The molecule has 1 nitrogen and oxygen atoms in total. The normalized spacial score (nSPS) is 12.8. The maximum absolute atomic E-state index is 12.6. The predicted octanol–water partition coefficient (Wildman–Crippen LogP) is 5.28. The van der Waals surface area contributed by atoms with E-state index < -0.39 is 22.3 Å². The molecule has 1 aromatic rings. The van der Waals surface area contributed by atoms with Gasteiger partial charge in [0, 0.05) is 0 Å². The van der Waals surface area contributed by atoms with Gasteiger partial charge in [0.25, 0.3) is 6.08 Å². The minimum absolute atomic E-state index is 0.535. The Bertz CT molecular complexity index is 514. The van der Waals surface area contributed by atoms with Crippen LogP contribution in [0, 0.1) is 0 Å². The summed E-state index contributed by atoms with van der Waals surface area (Å²) < 4.78 is 49.7. The van der Waals surface area contributed by atoms with Crippen molar-refractivity contribution in [3.05, 3.63) is 53.7 Å². The van der Waals surface area contributed by atoms with E-state index in [1.807, 2.05) is 0 Å². The first-order valence-corrected chi connectivity index (χ1v) is 5.66. The van der Waals surface area contributed by atoms with E-state index in [1.54, 1.807) is 30.3 Å². The molecular formula is C12H7Cl2F4N. The van der Waals surface area contributed by atoms with E-state index in [-0.39, 0.29) is 0 Å². The number of alkyl halides is 3. The van der Waals surface area contributed by atoms with E-state index in [9.17, 15) is 17.6 Å². The van der Waals surface area contributed by atoms with Crippen LogP contribution < -0.4 is 0 Å². The Morgan fingerprint density at radius 1 is 1.16 bits per heavy atom. The second-order valence-corrected chi connectivity index (χ2v) is 4.15. The Morgan fingerprint density at radius 3 is 2.21 bits per heavy atom.